The molecule has 1 atom stereocenters. The van der Waals surface area contributed by atoms with Crippen molar-refractivity contribution in [3.8, 4) is 0 Å². The topological polar surface area (TPSA) is 35.6 Å². The van der Waals surface area contributed by atoms with Gasteiger partial charge in [0.25, 0.3) is 5.91 Å². The lowest BCUT2D eigenvalue weighted by Gasteiger charge is -2.38. The van der Waals surface area contributed by atoms with Gasteiger partial charge in [0.15, 0.2) is 0 Å². The van der Waals surface area contributed by atoms with Gasteiger partial charge in [-0.3, -0.25) is 9.69 Å². The SMILES string of the molecule is CC(NC(=O)c1ccc(N2CCN(C(C)C)CC2)cc1)c1ccc(Cl)s1. The molecule has 0 spiro atoms. The minimum absolute atomic E-state index is 0.0520. The van der Waals surface area contributed by atoms with Crippen LogP contribution in [0, 0.1) is 0 Å². The summed E-state index contributed by atoms with van der Waals surface area (Å²) in [7, 11) is 0. The highest BCUT2D eigenvalue weighted by Gasteiger charge is 2.19. The molecule has 1 N–H and O–H groups in total. The van der Waals surface area contributed by atoms with Crippen LogP contribution in [-0.2, 0) is 0 Å². The molecule has 26 heavy (non-hydrogen) atoms. The van der Waals surface area contributed by atoms with Crippen LogP contribution < -0.4 is 10.2 Å². The molecule has 1 amide bonds. The van der Waals surface area contributed by atoms with Gasteiger partial charge in [0.2, 0.25) is 0 Å². The summed E-state index contributed by atoms with van der Waals surface area (Å²) in [4.78, 5) is 18.4. The van der Waals surface area contributed by atoms with Crippen LogP contribution in [0.15, 0.2) is 36.4 Å². The minimum Gasteiger partial charge on any atom is -0.369 e. The van der Waals surface area contributed by atoms with Crippen LogP contribution in [-0.4, -0.2) is 43.0 Å². The van der Waals surface area contributed by atoms with E-state index in [9.17, 15) is 4.79 Å². The Hall–Kier alpha value is -1.56. The predicted molar refractivity (Wildman–Crippen MR) is 111 cm³/mol. The number of amides is 1. The second-order valence-electron chi connectivity index (χ2n) is 7.00. The fourth-order valence-electron chi connectivity index (χ4n) is 3.23. The van der Waals surface area contributed by atoms with Crippen LogP contribution in [0.3, 0.4) is 0 Å². The molecule has 1 unspecified atom stereocenters. The molecule has 0 bridgehead atoms. The van der Waals surface area contributed by atoms with E-state index in [0.717, 1.165) is 35.4 Å². The molecule has 140 valence electrons. The number of carbonyl (C=O) groups is 1. The summed E-state index contributed by atoms with van der Waals surface area (Å²) in [6, 6.07) is 12.3. The molecule has 1 saturated heterocycles. The number of thiophene rings is 1. The van der Waals surface area contributed by atoms with Crippen molar-refractivity contribution in [1.82, 2.24) is 10.2 Å². The molecule has 3 rings (SSSR count). The second-order valence-corrected chi connectivity index (χ2v) is 8.75. The van der Waals surface area contributed by atoms with E-state index in [4.69, 9.17) is 11.6 Å². The molecule has 4 nitrogen and oxygen atoms in total. The van der Waals surface area contributed by atoms with Gasteiger partial charge in [0.1, 0.15) is 0 Å². The van der Waals surface area contributed by atoms with Crippen LogP contribution in [0.1, 0.15) is 42.0 Å². The number of benzene rings is 1. The molecule has 1 aliphatic rings. The molecule has 6 heteroatoms. The maximum Gasteiger partial charge on any atom is 0.251 e. The van der Waals surface area contributed by atoms with Gasteiger partial charge in [-0.05, 0) is 57.2 Å². The highest BCUT2D eigenvalue weighted by molar-refractivity contribution is 7.16. The van der Waals surface area contributed by atoms with Crippen molar-refractivity contribution in [2.75, 3.05) is 31.1 Å². The monoisotopic (exact) mass is 391 g/mol. The van der Waals surface area contributed by atoms with Crippen molar-refractivity contribution in [1.29, 1.82) is 0 Å². The number of hydrogen-bond acceptors (Lipinski definition) is 4. The molecule has 2 aromatic rings. The van der Waals surface area contributed by atoms with Crippen LogP contribution in [0.4, 0.5) is 5.69 Å². The summed E-state index contributed by atoms with van der Waals surface area (Å²) >= 11 is 7.47. The Bertz CT molecular complexity index is 736. The lowest BCUT2D eigenvalue weighted by Crippen LogP contribution is -2.48. The standard InChI is InChI=1S/C20H26ClN3OS/c1-14(2)23-10-12-24(13-11-23)17-6-4-16(5-7-17)20(25)22-15(3)18-8-9-19(21)26-18/h4-9,14-15H,10-13H2,1-3H3,(H,22,25). The summed E-state index contributed by atoms with van der Waals surface area (Å²) < 4.78 is 0.739. The van der Waals surface area contributed by atoms with Crippen LogP contribution in [0.2, 0.25) is 4.34 Å². The zero-order valence-corrected chi connectivity index (χ0v) is 17.1. The largest absolute Gasteiger partial charge is 0.369 e. The first-order chi connectivity index (χ1) is 12.4. The first kappa shape index (κ1) is 19.2. The van der Waals surface area contributed by atoms with E-state index >= 15 is 0 Å². The molecule has 0 radical (unpaired) electrons. The van der Waals surface area contributed by atoms with E-state index in [2.05, 4.69) is 29.0 Å². The summed E-state index contributed by atoms with van der Waals surface area (Å²) in [5, 5.41) is 3.04. The fraction of sp³-hybridized carbons (Fsp3) is 0.450. The zero-order valence-electron chi connectivity index (χ0n) is 15.5. The van der Waals surface area contributed by atoms with Gasteiger partial charge in [0.05, 0.1) is 10.4 Å². The Morgan fingerprint density at radius 2 is 1.69 bits per heavy atom. The number of piperazine rings is 1. The van der Waals surface area contributed by atoms with Gasteiger partial charge in [-0.2, -0.15) is 0 Å². The number of nitrogens with zero attached hydrogens (tertiary/aromatic N) is 2. The van der Waals surface area contributed by atoms with E-state index < -0.39 is 0 Å². The van der Waals surface area contributed by atoms with E-state index in [0.29, 0.717) is 11.6 Å². The van der Waals surface area contributed by atoms with Crippen molar-refractivity contribution in [3.63, 3.8) is 0 Å². The number of anilines is 1. The minimum atomic E-state index is -0.0572. The molecule has 0 saturated carbocycles. The van der Waals surface area contributed by atoms with Crippen molar-refractivity contribution in [2.45, 2.75) is 32.9 Å². The number of rotatable bonds is 5. The van der Waals surface area contributed by atoms with Gasteiger partial charge in [-0.25, -0.2) is 0 Å². The highest BCUT2D eigenvalue weighted by Crippen LogP contribution is 2.27. The molecule has 1 aliphatic heterocycles. The van der Waals surface area contributed by atoms with Crippen molar-refractivity contribution in [2.24, 2.45) is 0 Å². The van der Waals surface area contributed by atoms with Gasteiger partial charge >= 0.3 is 0 Å². The predicted octanol–water partition coefficient (Wildman–Crippen LogP) is 4.42. The first-order valence-corrected chi connectivity index (χ1v) is 10.3. The Morgan fingerprint density at radius 3 is 2.23 bits per heavy atom. The highest BCUT2D eigenvalue weighted by atomic mass is 35.5. The zero-order chi connectivity index (χ0) is 18.7. The van der Waals surface area contributed by atoms with Crippen LogP contribution in [0.25, 0.3) is 0 Å². The third-order valence-corrected chi connectivity index (χ3v) is 6.32. The van der Waals surface area contributed by atoms with Gasteiger partial charge in [-0.1, -0.05) is 11.6 Å². The molecule has 1 fully saturated rings. The molecule has 1 aromatic heterocycles. The number of nitrogens with one attached hydrogen (secondary N) is 1. The van der Waals surface area contributed by atoms with Gasteiger partial charge in [0, 0.05) is 48.3 Å². The summed E-state index contributed by atoms with van der Waals surface area (Å²) in [5.41, 5.74) is 1.87. The molecular formula is C20H26ClN3OS. The molecular weight excluding hydrogens is 366 g/mol. The average molecular weight is 392 g/mol. The normalized spacial score (nSPS) is 16.7. The Morgan fingerprint density at radius 1 is 1.04 bits per heavy atom. The Kier molecular flexibility index (Phi) is 6.22. The van der Waals surface area contributed by atoms with Crippen LogP contribution in [0.5, 0.6) is 0 Å². The lowest BCUT2D eigenvalue weighted by atomic mass is 10.1. The Balaban J connectivity index is 1.58. The number of halogens is 1. The summed E-state index contributed by atoms with van der Waals surface area (Å²) in [6.07, 6.45) is 0. The van der Waals surface area contributed by atoms with E-state index in [-0.39, 0.29) is 11.9 Å². The van der Waals surface area contributed by atoms with Gasteiger partial charge in [-0.15, -0.1) is 11.3 Å². The number of carbonyl (C=O) groups excluding carboxylic acids is 1. The summed E-state index contributed by atoms with van der Waals surface area (Å²) in [5.74, 6) is -0.0572. The van der Waals surface area contributed by atoms with Crippen molar-refractivity contribution < 1.29 is 4.79 Å². The second kappa shape index (κ2) is 8.42. The van der Waals surface area contributed by atoms with Crippen LogP contribution >= 0.6 is 22.9 Å². The van der Waals surface area contributed by atoms with Gasteiger partial charge < -0.3 is 10.2 Å². The molecule has 1 aromatic carbocycles. The van der Waals surface area contributed by atoms with E-state index in [1.165, 1.54) is 17.0 Å². The maximum absolute atomic E-state index is 12.5. The van der Waals surface area contributed by atoms with E-state index in [1.807, 2.05) is 43.3 Å². The third-order valence-electron chi connectivity index (χ3n) is 4.91. The van der Waals surface area contributed by atoms with E-state index in [1.54, 1.807) is 0 Å². The quantitative estimate of drug-likeness (QED) is 0.819. The molecule has 2 heterocycles. The third kappa shape index (κ3) is 4.58. The average Bonchev–Trinajstić information content (AvgIpc) is 3.08. The smallest absolute Gasteiger partial charge is 0.251 e. The fourth-order valence-corrected chi connectivity index (χ4v) is 4.30. The summed E-state index contributed by atoms with van der Waals surface area (Å²) in [6.45, 7) is 10.7. The van der Waals surface area contributed by atoms with Crippen molar-refractivity contribution >= 4 is 34.5 Å². The first-order valence-electron chi connectivity index (χ1n) is 9.09. The molecule has 0 aliphatic carbocycles. The van der Waals surface area contributed by atoms with Crippen molar-refractivity contribution in [3.05, 3.63) is 51.2 Å². The maximum atomic E-state index is 12.5. The number of hydrogen-bond donors (Lipinski definition) is 1. The lowest BCUT2D eigenvalue weighted by molar-refractivity contribution is 0.0940. The Labute approximate surface area is 164 Å².